The van der Waals surface area contributed by atoms with Crippen LogP contribution in [0.5, 0.6) is 0 Å². The Morgan fingerprint density at radius 2 is 2.33 bits per heavy atom. The van der Waals surface area contributed by atoms with Gasteiger partial charge < -0.3 is 16.0 Å². The molecule has 0 spiro atoms. The number of nitrogens with one attached hydrogen (secondary N) is 1. The molecule has 1 saturated heterocycles. The second kappa shape index (κ2) is 4.32. The summed E-state index contributed by atoms with van der Waals surface area (Å²) in [6.45, 7) is 4.55. The molecule has 0 aliphatic carbocycles. The maximum absolute atomic E-state index is 12.2. The second-order valence-corrected chi connectivity index (χ2v) is 4.83. The van der Waals surface area contributed by atoms with Gasteiger partial charge >= 0.3 is 0 Å². The van der Waals surface area contributed by atoms with Gasteiger partial charge in [-0.25, -0.2) is 0 Å². The smallest absolute Gasteiger partial charge is 0.245 e. The highest BCUT2D eigenvalue weighted by atomic mass is 16.2. The molecular formula is C11H17N5O2. The summed E-state index contributed by atoms with van der Waals surface area (Å²) >= 11 is 0. The van der Waals surface area contributed by atoms with Gasteiger partial charge in [-0.1, -0.05) is 0 Å². The number of nitrogens with two attached hydrogens (primary N) is 1. The molecule has 1 aromatic heterocycles. The molecule has 3 N–H and O–H groups in total. The van der Waals surface area contributed by atoms with Gasteiger partial charge in [-0.3, -0.25) is 14.3 Å². The number of carbonyl (C=O) groups excluding carboxylic acids is 2. The summed E-state index contributed by atoms with van der Waals surface area (Å²) < 4.78 is 1.47. The summed E-state index contributed by atoms with van der Waals surface area (Å²) in [5.41, 5.74) is 5.22. The Hall–Kier alpha value is -2.05. The molecule has 1 aromatic rings. The number of hydrogen-bond donors (Lipinski definition) is 2. The minimum Gasteiger partial charge on any atom is -0.396 e. The highest BCUT2D eigenvalue weighted by Gasteiger charge is 2.40. The van der Waals surface area contributed by atoms with E-state index in [0.717, 1.165) is 0 Å². The maximum Gasteiger partial charge on any atom is 0.245 e. The average Bonchev–Trinajstić information content (AvgIpc) is 2.67. The summed E-state index contributed by atoms with van der Waals surface area (Å²) in [5.74, 6) is -0.278. The maximum atomic E-state index is 12.2. The van der Waals surface area contributed by atoms with E-state index >= 15 is 0 Å². The van der Waals surface area contributed by atoms with E-state index in [1.165, 1.54) is 10.9 Å². The topological polar surface area (TPSA) is 93.2 Å². The largest absolute Gasteiger partial charge is 0.396 e. The van der Waals surface area contributed by atoms with Crippen molar-refractivity contribution in [1.82, 2.24) is 20.0 Å². The van der Waals surface area contributed by atoms with E-state index in [0.29, 0.717) is 18.8 Å². The van der Waals surface area contributed by atoms with E-state index in [-0.39, 0.29) is 18.4 Å². The number of rotatable bonds is 2. The Morgan fingerprint density at radius 3 is 2.94 bits per heavy atom. The van der Waals surface area contributed by atoms with Crippen molar-refractivity contribution in [2.75, 3.05) is 18.8 Å². The Bertz CT molecular complexity index is 480. The van der Waals surface area contributed by atoms with Crippen LogP contribution in [-0.2, 0) is 16.1 Å². The molecule has 18 heavy (non-hydrogen) atoms. The molecule has 7 heteroatoms. The molecule has 7 nitrogen and oxygen atoms in total. The van der Waals surface area contributed by atoms with Gasteiger partial charge in [0.15, 0.2) is 0 Å². The van der Waals surface area contributed by atoms with Crippen LogP contribution in [0.25, 0.3) is 0 Å². The van der Waals surface area contributed by atoms with Gasteiger partial charge in [0.2, 0.25) is 11.8 Å². The first kappa shape index (κ1) is 12.4. The number of hydrogen-bond acceptors (Lipinski definition) is 4. The lowest BCUT2D eigenvalue weighted by atomic mass is 9.99. The first-order chi connectivity index (χ1) is 8.41. The van der Waals surface area contributed by atoms with Crippen molar-refractivity contribution in [1.29, 1.82) is 0 Å². The zero-order valence-corrected chi connectivity index (χ0v) is 10.5. The van der Waals surface area contributed by atoms with E-state index in [2.05, 4.69) is 10.4 Å². The zero-order chi connectivity index (χ0) is 13.3. The second-order valence-electron chi connectivity index (χ2n) is 4.83. The standard InChI is InChI=1S/C11H17N5O2/c1-11(2)10(18)13-3-4-16(11)9(17)7-15-6-8(12)5-14-15/h5-6H,3-4,7,12H2,1-2H3,(H,13,18). The van der Waals surface area contributed by atoms with Crippen LogP contribution in [0.1, 0.15) is 13.8 Å². The summed E-state index contributed by atoms with van der Waals surface area (Å²) in [5, 5.41) is 6.71. The normalized spacial score (nSPS) is 18.6. The minimum absolute atomic E-state index is 0.0912. The first-order valence-electron chi connectivity index (χ1n) is 5.78. The Kier molecular flexibility index (Phi) is 2.98. The number of nitrogen functional groups attached to an aromatic ring is 1. The molecular weight excluding hydrogens is 234 g/mol. The van der Waals surface area contributed by atoms with Gasteiger partial charge in [-0.15, -0.1) is 0 Å². The minimum atomic E-state index is -0.825. The molecule has 0 radical (unpaired) electrons. The van der Waals surface area contributed by atoms with Crippen molar-refractivity contribution in [2.45, 2.75) is 25.9 Å². The molecule has 2 heterocycles. The molecule has 2 amide bonds. The van der Waals surface area contributed by atoms with Crippen LogP contribution in [0.3, 0.4) is 0 Å². The molecule has 0 unspecified atom stereocenters. The number of piperazine rings is 1. The van der Waals surface area contributed by atoms with Crippen LogP contribution in [-0.4, -0.2) is 45.1 Å². The van der Waals surface area contributed by atoms with Gasteiger partial charge in [0, 0.05) is 19.3 Å². The van der Waals surface area contributed by atoms with Gasteiger partial charge in [-0.05, 0) is 13.8 Å². The van der Waals surface area contributed by atoms with Crippen molar-refractivity contribution in [3.05, 3.63) is 12.4 Å². The van der Waals surface area contributed by atoms with Crippen molar-refractivity contribution in [3.8, 4) is 0 Å². The fourth-order valence-corrected chi connectivity index (χ4v) is 2.03. The van der Waals surface area contributed by atoms with E-state index in [9.17, 15) is 9.59 Å². The molecule has 98 valence electrons. The lowest BCUT2D eigenvalue weighted by molar-refractivity contribution is -0.149. The Morgan fingerprint density at radius 1 is 1.61 bits per heavy atom. The molecule has 1 aliphatic rings. The highest BCUT2D eigenvalue weighted by Crippen LogP contribution is 2.18. The predicted octanol–water partition coefficient (Wildman–Crippen LogP) is -0.798. The lowest BCUT2D eigenvalue weighted by Crippen LogP contribution is -2.63. The number of aromatic nitrogens is 2. The molecule has 0 aromatic carbocycles. The van der Waals surface area contributed by atoms with Crippen LogP contribution >= 0.6 is 0 Å². The van der Waals surface area contributed by atoms with E-state index in [1.807, 2.05) is 0 Å². The van der Waals surface area contributed by atoms with Crippen LogP contribution in [0.4, 0.5) is 5.69 Å². The highest BCUT2D eigenvalue weighted by molar-refractivity contribution is 5.91. The van der Waals surface area contributed by atoms with Crippen molar-refractivity contribution in [3.63, 3.8) is 0 Å². The van der Waals surface area contributed by atoms with Crippen molar-refractivity contribution in [2.24, 2.45) is 0 Å². The lowest BCUT2D eigenvalue weighted by Gasteiger charge is -2.41. The molecule has 2 rings (SSSR count). The van der Waals surface area contributed by atoms with Gasteiger partial charge in [-0.2, -0.15) is 5.10 Å². The summed E-state index contributed by atoms with van der Waals surface area (Å²) in [6, 6.07) is 0. The van der Waals surface area contributed by atoms with Gasteiger partial charge in [0.1, 0.15) is 12.1 Å². The van der Waals surface area contributed by atoms with Crippen molar-refractivity contribution < 1.29 is 9.59 Å². The molecule has 1 aliphatic heterocycles. The summed E-state index contributed by atoms with van der Waals surface area (Å²) in [6.07, 6.45) is 3.08. The molecule has 0 saturated carbocycles. The van der Waals surface area contributed by atoms with E-state index in [1.54, 1.807) is 24.9 Å². The first-order valence-corrected chi connectivity index (χ1v) is 5.78. The van der Waals surface area contributed by atoms with Crippen LogP contribution in [0.15, 0.2) is 12.4 Å². The van der Waals surface area contributed by atoms with E-state index < -0.39 is 5.54 Å². The number of amides is 2. The number of carbonyl (C=O) groups is 2. The van der Waals surface area contributed by atoms with Gasteiger partial charge in [0.05, 0.1) is 11.9 Å². The van der Waals surface area contributed by atoms with Crippen molar-refractivity contribution >= 4 is 17.5 Å². The quantitative estimate of drug-likeness (QED) is 0.719. The average molecular weight is 251 g/mol. The number of nitrogens with zero attached hydrogens (tertiary/aromatic N) is 3. The van der Waals surface area contributed by atoms with Crippen LogP contribution < -0.4 is 11.1 Å². The summed E-state index contributed by atoms with van der Waals surface area (Å²) in [7, 11) is 0. The molecule has 0 atom stereocenters. The monoisotopic (exact) mass is 251 g/mol. The number of anilines is 1. The Balaban J connectivity index is 2.10. The fraction of sp³-hybridized carbons (Fsp3) is 0.545. The third-order valence-corrected chi connectivity index (χ3v) is 3.10. The van der Waals surface area contributed by atoms with Crippen LogP contribution in [0.2, 0.25) is 0 Å². The Labute approximate surface area is 105 Å². The van der Waals surface area contributed by atoms with Crippen LogP contribution in [0, 0.1) is 0 Å². The third kappa shape index (κ3) is 2.15. The predicted molar refractivity (Wildman–Crippen MR) is 65.4 cm³/mol. The van der Waals surface area contributed by atoms with Gasteiger partial charge in [0.25, 0.3) is 0 Å². The zero-order valence-electron chi connectivity index (χ0n) is 10.5. The summed E-state index contributed by atoms with van der Waals surface area (Å²) in [4.78, 5) is 25.5. The molecule has 1 fully saturated rings. The third-order valence-electron chi connectivity index (χ3n) is 3.10. The fourth-order valence-electron chi connectivity index (χ4n) is 2.03. The molecule has 0 bridgehead atoms. The SMILES string of the molecule is CC1(C)C(=O)NCCN1C(=O)Cn1cc(N)cn1. The van der Waals surface area contributed by atoms with E-state index in [4.69, 9.17) is 5.73 Å².